The second kappa shape index (κ2) is 7.23. The number of ether oxygens (including phenoxy) is 1. The summed E-state index contributed by atoms with van der Waals surface area (Å²) in [7, 11) is 0. The van der Waals surface area contributed by atoms with Crippen LogP contribution in [0.1, 0.15) is 27.7 Å². The molecular formula is C21H23N3O3. The molecule has 0 bridgehead atoms. The molecule has 0 fully saturated rings. The number of fused-ring (bicyclic) bond motifs is 1. The Hall–Kier alpha value is -3.15. The number of carbonyl (C=O) groups excluding carboxylic acids is 1. The van der Waals surface area contributed by atoms with E-state index in [4.69, 9.17) is 4.74 Å². The van der Waals surface area contributed by atoms with E-state index in [1.807, 2.05) is 45.9 Å². The van der Waals surface area contributed by atoms with Gasteiger partial charge in [0, 0.05) is 23.7 Å². The summed E-state index contributed by atoms with van der Waals surface area (Å²) >= 11 is 0. The van der Waals surface area contributed by atoms with Crippen molar-refractivity contribution < 1.29 is 14.6 Å². The highest BCUT2D eigenvalue weighted by Gasteiger charge is 2.23. The van der Waals surface area contributed by atoms with E-state index in [1.54, 1.807) is 30.5 Å². The van der Waals surface area contributed by atoms with Crippen molar-refractivity contribution in [3.8, 4) is 17.0 Å². The molecule has 3 rings (SSSR count). The molecule has 0 aliphatic carbocycles. The van der Waals surface area contributed by atoms with Gasteiger partial charge in [0.1, 0.15) is 17.2 Å². The SMILES string of the molecule is CCN(C(=O)OC(C)(C)C)c1ccc(-c2ccc3cc(O)ccc3n2)cn1. The lowest BCUT2D eigenvalue weighted by Crippen LogP contribution is -2.37. The van der Waals surface area contributed by atoms with Crippen LogP contribution in [-0.2, 0) is 4.74 Å². The molecule has 0 saturated carbocycles. The first-order valence-electron chi connectivity index (χ1n) is 8.83. The van der Waals surface area contributed by atoms with Crippen molar-refractivity contribution in [2.45, 2.75) is 33.3 Å². The summed E-state index contributed by atoms with van der Waals surface area (Å²) in [6.07, 6.45) is 1.27. The van der Waals surface area contributed by atoms with Crippen LogP contribution in [0.15, 0.2) is 48.7 Å². The summed E-state index contributed by atoms with van der Waals surface area (Å²) in [5, 5.41) is 10.4. The van der Waals surface area contributed by atoms with Gasteiger partial charge in [0.15, 0.2) is 0 Å². The van der Waals surface area contributed by atoms with Crippen LogP contribution < -0.4 is 4.90 Å². The molecule has 2 heterocycles. The number of pyridine rings is 2. The molecule has 0 saturated heterocycles. The number of benzene rings is 1. The van der Waals surface area contributed by atoms with E-state index >= 15 is 0 Å². The Morgan fingerprint density at radius 1 is 1.15 bits per heavy atom. The van der Waals surface area contributed by atoms with E-state index in [-0.39, 0.29) is 5.75 Å². The molecule has 0 atom stereocenters. The molecule has 27 heavy (non-hydrogen) atoms. The number of hydrogen-bond donors (Lipinski definition) is 1. The Morgan fingerprint density at radius 2 is 1.93 bits per heavy atom. The first-order valence-corrected chi connectivity index (χ1v) is 8.83. The van der Waals surface area contributed by atoms with Gasteiger partial charge < -0.3 is 9.84 Å². The third-order valence-electron chi connectivity index (χ3n) is 3.92. The fourth-order valence-corrected chi connectivity index (χ4v) is 2.67. The summed E-state index contributed by atoms with van der Waals surface area (Å²) in [4.78, 5) is 22.9. The van der Waals surface area contributed by atoms with Crippen molar-refractivity contribution in [2.75, 3.05) is 11.4 Å². The highest BCUT2D eigenvalue weighted by molar-refractivity contribution is 5.87. The van der Waals surface area contributed by atoms with Crippen molar-refractivity contribution in [3.63, 3.8) is 0 Å². The normalized spacial score (nSPS) is 11.4. The number of carbonyl (C=O) groups is 1. The van der Waals surface area contributed by atoms with Crippen LogP contribution in [0.4, 0.5) is 10.6 Å². The molecule has 1 amide bonds. The Bertz CT molecular complexity index is 963. The lowest BCUT2D eigenvalue weighted by Gasteiger charge is -2.25. The summed E-state index contributed by atoms with van der Waals surface area (Å²) in [6.45, 7) is 7.83. The van der Waals surface area contributed by atoms with Gasteiger partial charge >= 0.3 is 6.09 Å². The third-order valence-corrected chi connectivity index (χ3v) is 3.92. The van der Waals surface area contributed by atoms with Gasteiger partial charge in [-0.2, -0.15) is 0 Å². The maximum Gasteiger partial charge on any atom is 0.415 e. The Morgan fingerprint density at radius 3 is 2.56 bits per heavy atom. The molecule has 0 spiro atoms. The van der Waals surface area contributed by atoms with Crippen LogP contribution in [0.3, 0.4) is 0 Å². The zero-order valence-corrected chi connectivity index (χ0v) is 15.9. The highest BCUT2D eigenvalue weighted by atomic mass is 16.6. The number of phenolic OH excluding ortho intramolecular Hbond substituents is 1. The predicted molar refractivity (Wildman–Crippen MR) is 106 cm³/mol. The molecule has 3 aromatic rings. The minimum Gasteiger partial charge on any atom is -0.508 e. The smallest absolute Gasteiger partial charge is 0.415 e. The quantitative estimate of drug-likeness (QED) is 0.724. The van der Waals surface area contributed by atoms with Gasteiger partial charge in [-0.3, -0.25) is 4.90 Å². The summed E-state index contributed by atoms with van der Waals surface area (Å²) < 4.78 is 5.43. The number of hydrogen-bond acceptors (Lipinski definition) is 5. The van der Waals surface area contributed by atoms with Crippen LogP contribution in [0.5, 0.6) is 5.75 Å². The molecule has 140 valence electrons. The van der Waals surface area contributed by atoms with Crippen LogP contribution in [0.2, 0.25) is 0 Å². The number of amides is 1. The van der Waals surface area contributed by atoms with Crippen molar-refractivity contribution in [1.29, 1.82) is 0 Å². The number of aromatic hydroxyl groups is 1. The fourth-order valence-electron chi connectivity index (χ4n) is 2.67. The van der Waals surface area contributed by atoms with E-state index in [9.17, 15) is 9.90 Å². The molecule has 0 aliphatic heterocycles. The van der Waals surface area contributed by atoms with Crippen molar-refractivity contribution in [3.05, 3.63) is 48.7 Å². The molecule has 0 aliphatic rings. The molecule has 0 radical (unpaired) electrons. The molecule has 6 heteroatoms. The number of rotatable bonds is 3. The largest absolute Gasteiger partial charge is 0.508 e. The predicted octanol–water partition coefficient (Wildman–Crippen LogP) is 4.76. The van der Waals surface area contributed by atoms with Crippen LogP contribution in [0, 0.1) is 0 Å². The lowest BCUT2D eigenvalue weighted by atomic mass is 10.1. The van der Waals surface area contributed by atoms with E-state index < -0.39 is 11.7 Å². The van der Waals surface area contributed by atoms with Crippen molar-refractivity contribution in [1.82, 2.24) is 9.97 Å². The van der Waals surface area contributed by atoms with Crippen LogP contribution >= 0.6 is 0 Å². The average Bonchev–Trinajstić information content (AvgIpc) is 2.61. The highest BCUT2D eigenvalue weighted by Crippen LogP contribution is 2.25. The minimum absolute atomic E-state index is 0.213. The minimum atomic E-state index is -0.562. The van der Waals surface area contributed by atoms with Gasteiger partial charge in [-0.1, -0.05) is 6.07 Å². The van der Waals surface area contributed by atoms with Crippen molar-refractivity contribution >= 4 is 22.8 Å². The molecule has 1 aromatic carbocycles. The van der Waals surface area contributed by atoms with Crippen LogP contribution in [-0.4, -0.2) is 33.3 Å². The second-order valence-corrected chi connectivity index (χ2v) is 7.20. The number of anilines is 1. The first kappa shape index (κ1) is 18.6. The second-order valence-electron chi connectivity index (χ2n) is 7.20. The third kappa shape index (κ3) is 4.34. The zero-order chi connectivity index (χ0) is 19.6. The molecular weight excluding hydrogens is 342 g/mol. The van der Waals surface area contributed by atoms with E-state index in [0.29, 0.717) is 12.4 Å². The maximum atomic E-state index is 12.4. The first-order chi connectivity index (χ1) is 12.8. The van der Waals surface area contributed by atoms with Gasteiger partial charge in [0.05, 0.1) is 11.2 Å². The molecule has 1 N–H and O–H groups in total. The summed E-state index contributed by atoms with van der Waals surface area (Å²) in [6, 6.07) is 12.5. The van der Waals surface area contributed by atoms with E-state index in [2.05, 4.69) is 9.97 Å². The summed E-state index contributed by atoms with van der Waals surface area (Å²) in [5.74, 6) is 0.742. The molecule has 6 nitrogen and oxygen atoms in total. The topological polar surface area (TPSA) is 75.6 Å². The standard InChI is InChI=1S/C21H23N3O3/c1-5-24(20(26)27-21(2,3)4)19-11-7-15(13-22-19)18-9-6-14-12-16(25)8-10-17(14)23-18/h6-13,25H,5H2,1-4H3. The molecule has 0 unspecified atom stereocenters. The Balaban J connectivity index is 1.86. The monoisotopic (exact) mass is 365 g/mol. The Kier molecular flexibility index (Phi) is 4.99. The van der Waals surface area contributed by atoms with Crippen molar-refractivity contribution in [2.24, 2.45) is 0 Å². The lowest BCUT2D eigenvalue weighted by molar-refractivity contribution is 0.0581. The zero-order valence-electron chi connectivity index (χ0n) is 15.9. The number of nitrogens with zero attached hydrogens (tertiary/aromatic N) is 3. The summed E-state index contributed by atoms with van der Waals surface area (Å²) in [5.41, 5.74) is 1.84. The van der Waals surface area contributed by atoms with Gasteiger partial charge in [-0.25, -0.2) is 14.8 Å². The molecule has 2 aromatic heterocycles. The van der Waals surface area contributed by atoms with Gasteiger partial charge in [0.2, 0.25) is 0 Å². The maximum absolute atomic E-state index is 12.4. The van der Waals surface area contributed by atoms with E-state index in [1.165, 1.54) is 4.90 Å². The van der Waals surface area contributed by atoms with Gasteiger partial charge in [-0.15, -0.1) is 0 Å². The van der Waals surface area contributed by atoms with Gasteiger partial charge in [-0.05, 0) is 64.1 Å². The fraction of sp³-hybridized carbons (Fsp3) is 0.286. The van der Waals surface area contributed by atoms with E-state index in [0.717, 1.165) is 22.2 Å². The van der Waals surface area contributed by atoms with Gasteiger partial charge in [0.25, 0.3) is 0 Å². The Labute approximate surface area is 158 Å². The van der Waals surface area contributed by atoms with Crippen LogP contribution in [0.25, 0.3) is 22.2 Å². The number of phenols is 1. The number of aromatic nitrogens is 2. The average molecular weight is 365 g/mol.